The first-order valence-corrected chi connectivity index (χ1v) is 7.34. The largest absolute Gasteiger partial charge is 0.346 e. The smallest absolute Gasteiger partial charge is 0.254 e. The van der Waals surface area contributed by atoms with Gasteiger partial charge in [-0.2, -0.15) is 0 Å². The van der Waals surface area contributed by atoms with Crippen LogP contribution in [0.4, 0.5) is 20.4 Å². The second-order valence-electron chi connectivity index (χ2n) is 5.02. The van der Waals surface area contributed by atoms with Crippen LogP contribution in [0.1, 0.15) is 16.1 Å². The van der Waals surface area contributed by atoms with Crippen molar-refractivity contribution < 1.29 is 13.6 Å². The molecule has 0 atom stereocenters. The topological polar surface area (TPSA) is 79.8 Å². The van der Waals surface area contributed by atoms with Crippen molar-refractivity contribution in [2.45, 2.75) is 6.54 Å². The molecule has 0 unspecified atom stereocenters. The van der Waals surface area contributed by atoms with Gasteiger partial charge in [-0.1, -0.05) is 12.1 Å². The number of hydrogen-bond donors (Lipinski definition) is 2. The lowest BCUT2D eigenvalue weighted by Gasteiger charge is -2.08. The number of nitrogens with zero attached hydrogens (tertiary/aromatic N) is 3. The molecular weight excluding hydrogens is 328 g/mol. The number of pyridine rings is 1. The van der Waals surface area contributed by atoms with Gasteiger partial charge in [0.15, 0.2) is 0 Å². The van der Waals surface area contributed by atoms with E-state index in [0.29, 0.717) is 5.69 Å². The number of nitrogens with one attached hydrogen (secondary N) is 2. The van der Waals surface area contributed by atoms with Crippen molar-refractivity contribution in [3.05, 3.63) is 77.9 Å². The number of rotatable bonds is 5. The molecule has 0 spiro atoms. The Hall–Kier alpha value is -3.42. The molecule has 0 fully saturated rings. The summed E-state index contributed by atoms with van der Waals surface area (Å²) in [5, 5.41) is 5.13. The van der Waals surface area contributed by atoms with Crippen LogP contribution in [0, 0.1) is 11.6 Å². The third-order valence-corrected chi connectivity index (χ3v) is 3.27. The molecule has 2 aromatic heterocycles. The van der Waals surface area contributed by atoms with E-state index in [2.05, 4.69) is 25.6 Å². The van der Waals surface area contributed by atoms with E-state index in [1.807, 2.05) is 6.07 Å². The number of hydrogen-bond acceptors (Lipinski definition) is 5. The number of para-hydroxylation sites is 1. The Morgan fingerprint density at radius 2 is 1.68 bits per heavy atom. The van der Waals surface area contributed by atoms with Gasteiger partial charge >= 0.3 is 0 Å². The highest BCUT2D eigenvalue weighted by Gasteiger charge is 2.11. The van der Waals surface area contributed by atoms with Gasteiger partial charge in [0.05, 0.1) is 17.8 Å². The zero-order chi connectivity index (χ0) is 17.6. The lowest BCUT2D eigenvalue weighted by atomic mass is 10.3. The van der Waals surface area contributed by atoms with Gasteiger partial charge in [0.2, 0.25) is 5.95 Å². The average molecular weight is 341 g/mol. The van der Waals surface area contributed by atoms with Gasteiger partial charge in [0.25, 0.3) is 5.91 Å². The second-order valence-corrected chi connectivity index (χ2v) is 5.02. The molecule has 25 heavy (non-hydrogen) atoms. The predicted molar refractivity (Wildman–Crippen MR) is 87.1 cm³/mol. The fourth-order valence-corrected chi connectivity index (χ4v) is 2.01. The van der Waals surface area contributed by atoms with Gasteiger partial charge in [0.1, 0.15) is 17.3 Å². The number of amides is 1. The number of carbonyl (C=O) groups excluding carboxylic acids is 1. The highest BCUT2D eigenvalue weighted by atomic mass is 19.1. The van der Waals surface area contributed by atoms with Crippen LogP contribution in [0.25, 0.3) is 0 Å². The fraction of sp³-hybridized carbons (Fsp3) is 0.0588. The normalized spacial score (nSPS) is 10.3. The number of aromatic nitrogens is 3. The average Bonchev–Trinajstić information content (AvgIpc) is 2.64. The van der Waals surface area contributed by atoms with E-state index in [4.69, 9.17) is 0 Å². The molecule has 0 saturated carbocycles. The van der Waals surface area contributed by atoms with Gasteiger partial charge in [-0.05, 0) is 24.3 Å². The molecule has 0 aliphatic carbocycles. The summed E-state index contributed by atoms with van der Waals surface area (Å²) in [6, 6.07) is 8.87. The van der Waals surface area contributed by atoms with Crippen molar-refractivity contribution in [3.8, 4) is 0 Å². The maximum atomic E-state index is 13.6. The van der Waals surface area contributed by atoms with E-state index in [9.17, 15) is 13.6 Å². The Kier molecular flexibility index (Phi) is 4.89. The summed E-state index contributed by atoms with van der Waals surface area (Å²) >= 11 is 0. The Morgan fingerprint density at radius 3 is 2.32 bits per heavy atom. The van der Waals surface area contributed by atoms with Crippen molar-refractivity contribution >= 4 is 17.5 Å². The van der Waals surface area contributed by atoms with Gasteiger partial charge in [-0.3, -0.25) is 9.78 Å². The fourth-order valence-electron chi connectivity index (χ4n) is 2.01. The van der Waals surface area contributed by atoms with Crippen LogP contribution in [0.3, 0.4) is 0 Å². The SMILES string of the molecule is O=C(NCc1ccccn1)c1cnc(Nc2c(F)cccc2F)nc1. The molecule has 0 radical (unpaired) electrons. The quantitative estimate of drug-likeness (QED) is 0.746. The monoisotopic (exact) mass is 341 g/mol. The minimum atomic E-state index is -0.763. The molecule has 0 aliphatic rings. The lowest BCUT2D eigenvalue weighted by molar-refractivity contribution is 0.0949. The summed E-state index contributed by atoms with van der Waals surface area (Å²) in [5.74, 6) is -1.93. The lowest BCUT2D eigenvalue weighted by Crippen LogP contribution is -2.23. The first-order chi connectivity index (χ1) is 12.1. The molecule has 1 amide bonds. The van der Waals surface area contributed by atoms with E-state index in [0.717, 1.165) is 12.1 Å². The highest BCUT2D eigenvalue weighted by molar-refractivity contribution is 5.93. The van der Waals surface area contributed by atoms with Crippen molar-refractivity contribution in [2.24, 2.45) is 0 Å². The Balaban J connectivity index is 1.64. The molecule has 0 saturated heterocycles. The van der Waals surface area contributed by atoms with E-state index in [1.165, 1.54) is 18.5 Å². The maximum Gasteiger partial charge on any atom is 0.254 e. The molecule has 0 bridgehead atoms. The van der Waals surface area contributed by atoms with Crippen LogP contribution in [0.2, 0.25) is 0 Å². The van der Waals surface area contributed by atoms with Crippen molar-refractivity contribution in [1.29, 1.82) is 0 Å². The second kappa shape index (κ2) is 7.43. The summed E-state index contributed by atoms with van der Waals surface area (Å²) in [6.45, 7) is 0.264. The number of carbonyl (C=O) groups is 1. The molecule has 8 heteroatoms. The summed E-state index contributed by atoms with van der Waals surface area (Å²) in [7, 11) is 0. The van der Waals surface area contributed by atoms with Crippen molar-refractivity contribution in [2.75, 3.05) is 5.32 Å². The first-order valence-electron chi connectivity index (χ1n) is 7.34. The van der Waals surface area contributed by atoms with Crippen LogP contribution < -0.4 is 10.6 Å². The minimum Gasteiger partial charge on any atom is -0.346 e. The maximum absolute atomic E-state index is 13.6. The summed E-state index contributed by atoms with van der Waals surface area (Å²) < 4.78 is 27.2. The molecule has 126 valence electrons. The van der Waals surface area contributed by atoms with Crippen molar-refractivity contribution in [1.82, 2.24) is 20.3 Å². The molecular formula is C17H13F2N5O. The van der Waals surface area contributed by atoms with Crippen molar-refractivity contribution in [3.63, 3.8) is 0 Å². The Morgan fingerprint density at radius 1 is 0.960 bits per heavy atom. The number of halogens is 2. The van der Waals surface area contributed by atoms with Crippen LogP contribution in [0.5, 0.6) is 0 Å². The summed E-state index contributed by atoms with van der Waals surface area (Å²) in [4.78, 5) is 23.9. The molecule has 2 heterocycles. The molecule has 3 rings (SSSR count). The van der Waals surface area contributed by atoms with E-state index < -0.39 is 11.6 Å². The highest BCUT2D eigenvalue weighted by Crippen LogP contribution is 2.20. The zero-order valence-electron chi connectivity index (χ0n) is 12.9. The molecule has 2 N–H and O–H groups in total. The Labute approximate surface area is 142 Å². The van der Waals surface area contributed by atoms with Crippen LogP contribution in [-0.4, -0.2) is 20.9 Å². The van der Waals surface area contributed by atoms with Crippen LogP contribution in [-0.2, 0) is 6.54 Å². The van der Waals surface area contributed by atoms with E-state index in [1.54, 1.807) is 18.3 Å². The zero-order valence-corrected chi connectivity index (χ0v) is 12.9. The van der Waals surface area contributed by atoms with Gasteiger partial charge in [0, 0.05) is 18.6 Å². The first kappa shape index (κ1) is 16.4. The van der Waals surface area contributed by atoms with Gasteiger partial charge in [-0.15, -0.1) is 0 Å². The number of benzene rings is 1. The summed E-state index contributed by atoms with van der Waals surface area (Å²) in [6.07, 6.45) is 4.16. The number of anilines is 2. The predicted octanol–water partition coefficient (Wildman–Crippen LogP) is 2.82. The molecule has 1 aromatic carbocycles. The van der Waals surface area contributed by atoms with Gasteiger partial charge < -0.3 is 10.6 Å². The Bertz CT molecular complexity index is 852. The molecule has 0 aliphatic heterocycles. The van der Waals surface area contributed by atoms with Crippen LogP contribution in [0.15, 0.2) is 55.0 Å². The summed E-state index contributed by atoms with van der Waals surface area (Å²) in [5.41, 5.74) is 0.579. The standard InChI is InChI=1S/C17H13F2N5O/c18-13-5-3-6-14(19)15(13)24-17-22-8-11(9-23-17)16(25)21-10-12-4-1-2-7-20-12/h1-9H,10H2,(H,21,25)(H,22,23,24). The molecule has 6 nitrogen and oxygen atoms in total. The van der Waals surface area contributed by atoms with Crippen LogP contribution >= 0.6 is 0 Å². The minimum absolute atomic E-state index is 0.0229. The van der Waals surface area contributed by atoms with Gasteiger partial charge in [-0.25, -0.2) is 18.7 Å². The third-order valence-electron chi connectivity index (χ3n) is 3.27. The third kappa shape index (κ3) is 4.11. The van der Waals surface area contributed by atoms with E-state index in [-0.39, 0.29) is 29.7 Å². The molecule has 3 aromatic rings. The van der Waals surface area contributed by atoms with E-state index >= 15 is 0 Å².